The molecule has 0 saturated carbocycles. The topological polar surface area (TPSA) is 0 Å². The largest absolute Gasteiger partial charge is 0.234 e. The monoisotopic (exact) mass is 228 g/mol. The lowest BCUT2D eigenvalue weighted by molar-refractivity contribution is 0.258. The minimum atomic E-state index is -1.34. The van der Waals surface area contributed by atoms with Gasteiger partial charge >= 0.3 is 0 Å². The molecule has 0 aliphatic heterocycles. The second-order valence-corrected chi connectivity index (χ2v) is 4.09. The summed E-state index contributed by atoms with van der Waals surface area (Å²) < 4.78 is 14.6. The Labute approximate surface area is 102 Å². The van der Waals surface area contributed by atoms with Crippen LogP contribution >= 0.6 is 0 Å². The summed E-state index contributed by atoms with van der Waals surface area (Å²) in [7, 11) is 0. The fourth-order valence-corrected chi connectivity index (χ4v) is 2.40. The first-order chi connectivity index (χ1) is 8.21. The molecular formula is C16H17F. The second kappa shape index (κ2) is 4.33. The number of benzene rings is 2. The van der Waals surface area contributed by atoms with Crippen molar-refractivity contribution in [3.8, 4) is 11.1 Å². The van der Waals surface area contributed by atoms with Gasteiger partial charge in [0, 0.05) is 11.1 Å². The highest BCUT2D eigenvalue weighted by molar-refractivity contribution is 5.79. The van der Waals surface area contributed by atoms with E-state index in [0.29, 0.717) is 0 Å². The predicted molar refractivity (Wildman–Crippen MR) is 70.8 cm³/mol. The van der Waals surface area contributed by atoms with Gasteiger partial charge in [-0.25, -0.2) is 4.39 Å². The minimum Gasteiger partial charge on any atom is -0.234 e. The summed E-state index contributed by atoms with van der Waals surface area (Å²) >= 11 is 0. The van der Waals surface area contributed by atoms with Gasteiger partial charge in [-0.15, -0.1) is 0 Å². The molecule has 88 valence electrons. The van der Waals surface area contributed by atoms with Gasteiger partial charge in [-0.2, -0.15) is 0 Å². The van der Waals surface area contributed by atoms with E-state index < -0.39 is 5.67 Å². The van der Waals surface area contributed by atoms with Crippen molar-refractivity contribution in [2.45, 2.75) is 26.4 Å². The molecule has 2 aromatic carbocycles. The molecule has 0 N–H and O–H groups in total. The predicted octanol–water partition coefficient (Wildman–Crippen LogP) is 4.93. The Kier molecular flexibility index (Phi) is 3.01. The molecule has 0 unspecified atom stereocenters. The van der Waals surface area contributed by atoms with Crippen LogP contribution in [-0.4, -0.2) is 0 Å². The lowest BCUT2D eigenvalue weighted by Crippen LogP contribution is -2.12. The van der Waals surface area contributed by atoms with Crippen molar-refractivity contribution in [1.29, 1.82) is 0 Å². The van der Waals surface area contributed by atoms with E-state index in [2.05, 4.69) is 0 Å². The van der Waals surface area contributed by atoms with Crippen LogP contribution in [-0.2, 0) is 5.67 Å². The normalized spacial score (nSPS) is 14.4. The van der Waals surface area contributed by atoms with Gasteiger partial charge in [-0.1, -0.05) is 62.4 Å². The summed E-state index contributed by atoms with van der Waals surface area (Å²) in [6, 6.07) is 15.4. The number of hydrogen-bond donors (Lipinski definition) is 0. The van der Waals surface area contributed by atoms with Crippen LogP contribution in [0.25, 0.3) is 11.1 Å². The summed E-state index contributed by atoms with van der Waals surface area (Å²) in [6.45, 7) is 5.64. The van der Waals surface area contributed by atoms with E-state index in [1.807, 2.05) is 62.4 Å². The third-order valence-corrected chi connectivity index (χ3v) is 3.16. The zero-order chi connectivity index (χ0) is 12.5. The molecule has 0 amide bonds. The highest BCUT2D eigenvalue weighted by Crippen LogP contribution is 2.49. The summed E-state index contributed by atoms with van der Waals surface area (Å²) in [5.74, 6) is 0. The summed E-state index contributed by atoms with van der Waals surface area (Å²) in [4.78, 5) is 0. The zero-order valence-electron chi connectivity index (χ0n) is 10.5. The molecule has 0 fully saturated rings. The maximum Gasteiger partial charge on any atom is 0.159 e. The molecule has 0 saturated heterocycles. The van der Waals surface area contributed by atoms with Crippen LogP contribution in [0.5, 0.6) is 0 Å². The molecule has 0 heterocycles. The van der Waals surface area contributed by atoms with Gasteiger partial charge in [0.15, 0.2) is 5.67 Å². The Bertz CT molecular complexity index is 479. The quantitative estimate of drug-likeness (QED) is 0.600. The van der Waals surface area contributed by atoms with Crippen LogP contribution in [0, 0.1) is 0 Å². The van der Waals surface area contributed by atoms with Crippen molar-refractivity contribution < 1.29 is 4.39 Å². The molecular weight excluding hydrogens is 211 g/mol. The molecule has 3 rings (SSSR count). The summed E-state index contributed by atoms with van der Waals surface area (Å²) in [6.07, 6.45) is 0. The Morgan fingerprint density at radius 2 is 1.12 bits per heavy atom. The van der Waals surface area contributed by atoms with Crippen molar-refractivity contribution >= 4 is 0 Å². The van der Waals surface area contributed by atoms with Gasteiger partial charge in [-0.3, -0.25) is 0 Å². The minimum absolute atomic E-state index is 0.784. The number of hydrogen-bond acceptors (Lipinski definition) is 0. The van der Waals surface area contributed by atoms with Crippen LogP contribution in [0.1, 0.15) is 31.9 Å². The van der Waals surface area contributed by atoms with Crippen LogP contribution in [0.15, 0.2) is 48.5 Å². The van der Waals surface area contributed by atoms with Crippen LogP contribution in [0.3, 0.4) is 0 Å². The SMILES string of the molecule is CC.CC1(F)c2ccccc2-c2ccccc21. The van der Waals surface area contributed by atoms with Crippen LogP contribution in [0.4, 0.5) is 4.39 Å². The van der Waals surface area contributed by atoms with Crippen molar-refractivity contribution in [3.63, 3.8) is 0 Å². The number of alkyl halides is 1. The average Bonchev–Trinajstić information content (AvgIpc) is 2.63. The highest BCUT2D eigenvalue weighted by atomic mass is 19.1. The summed E-state index contributed by atoms with van der Waals surface area (Å²) in [5.41, 5.74) is 2.28. The first kappa shape index (κ1) is 11.8. The van der Waals surface area contributed by atoms with E-state index in [9.17, 15) is 4.39 Å². The molecule has 1 aliphatic carbocycles. The third-order valence-electron chi connectivity index (χ3n) is 3.16. The van der Waals surface area contributed by atoms with Gasteiger partial charge in [-0.05, 0) is 18.1 Å². The van der Waals surface area contributed by atoms with Crippen LogP contribution in [0.2, 0.25) is 0 Å². The molecule has 0 bridgehead atoms. The number of fused-ring (bicyclic) bond motifs is 3. The van der Waals surface area contributed by atoms with Crippen molar-refractivity contribution in [3.05, 3.63) is 59.7 Å². The third kappa shape index (κ3) is 1.66. The van der Waals surface area contributed by atoms with Gasteiger partial charge < -0.3 is 0 Å². The van der Waals surface area contributed by atoms with Crippen LogP contribution < -0.4 is 0 Å². The average molecular weight is 228 g/mol. The van der Waals surface area contributed by atoms with E-state index in [1.165, 1.54) is 0 Å². The molecule has 0 atom stereocenters. The first-order valence-electron chi connectivity index (χ1n) is 6.09. The lowest BCUT2D eigenvalue weighted by atomic mass is 9.96. The van der Waals surface area contributed by atoms with Gasteiger partial charge in [0.2, 0.25) is 0 Å². The maximum absolute atomic E-state index is 14.6. The van der Waals surface area contributed by atoms with Gasteiger partial charge in [0.1, 0.15) is 0 Å². The lowest BCUT2D eigenvalue weighted by Gasteiger charge is -2.16. The van der Waals surface area contributed by atoms with E-state index in [-0.39, 0.29) is 0 Å². The molecule has 0 aromatic heterocycles. The van der Waals surface area contributed by atoms with Gasteiger partial charge in [0.05, 0.1) is 0 Å². The van der Waals surface area contributed by atoms with Crippen molar-refractivity contribution in [2.24, 2.45) is 0 Å². The fraction of sp³-hybridized carbons (Fsp3) is 0.250. The molecule has 17 heavy (non-hydrogen) atoms. The molecule has 0 radical (unpaired) electrons. The van der Waals surface area contributed by atoms with E-state index in [0.717, 1.165) is 22.3 Å². The Morgan fingerprint density at radius 1 is 0.765 bits per heavy atom. The zero-order valence-corrected chi connectivity index (χ0v) is 10.5. The highest BCUT2D eigenvalue weighted by Gasteiger charge is 2.38. The van der Waals surface area contributed by atoms with Gasteiger partial charge in [0.25, 0.3) is 0 Å². The van der Waals surface area contributed by atoms with E-state index >= 15 is 0 Å². The fourth-order valence-electron chi connectivity index (χ4n) is 2.40. The standard InChI is InChI=1S/C14H11F.C2H6/c1-14(15)12-8-4-2-6-10(12)11-7-3-5-9-13(11)14;1-2/h2-9H,1H3;1-2H3. The van der Waals surface area contributed by atoms with Crippen molar-refractivity contribution in [2.75, 3.05) is 0 Å². The number of halogens is 1. The molecule has 1 heteroatoms. The smallest absolute Gasteiger partial charge is 0.159 e. The Hall–Kier alpha value is -1.63. The molecule has 0 spiro atoms. The molecule has 0 nitrogen and oxygen atoms in total. The Balaban J connectivity index is 0.000000514. The van der Waals surface area contributed by atoms with E-state index in [4.69, 9.17) is 0 Å². The molecule has 2 aromatic rings. The Morgan fingerprint density at radius 3 is 1.53 bits per heavy atom. The second-order valence-electron chi connectivity index (χ2n) is 4.09. The molecule has 1 aliphatic rings. The first-order valence-corrected chi connectivity index (χ1v) is 6.09. The maximum atomic E-state index is 14.6. The van der Waals surface area contributed by atoms with Crippen molar-refractivity contribution in [1.82, 2.24) is 0 Å². The van der Waals surface area contributed by atoms with E-state index in [1.54, 1.807) is 6.92 Å². The number of rotatable bonds is 0. The summed E-state index contributed by atoms with van der Waals surface area (Å²) in [5, 5.41) is 0.